The van der Waals surface area contributed by atoms with Crippen molar-refractivity contribution < 1.29 is 9.90 Å². The van der Waals surface area contributed by atoms with E-state index in [0.29, 0.717) is 5.69 Å². The molecule has 1 heterocycles. The zero-order valence-corrected chi connectivity index (χ0v) is 6.95. The highest BCUT2D eigenvalue weighted by atomic mass is 16.3. The zero-order chi connectivity index (χ0) is 9.26. The van der Waals surface area contributed by atoms with Crippen LogP contribution >= 0.6 is 0 Å². The highest BCUT2D eigenvalue weighted by Crippen LogP contribution is 2.28. The van der Waals surface area contributed by atoms with Crippen LogP contribution in [0.25, 0.3) is 10.9 Å². The minimum Gasteiger partial charge on any atom is -0.505 e. The lowest BCUT2D eigenvalue weighted by atomic mass is 10.2. The number of para-hydroxylation sites is 1. The molecule has 0 aliphatic rings. The molecule has 0 aliphatic carbocycles. The second-order valence-corrected chi connectivity index (χ2v) is 2.87. The third-order valence-electron chi connectivity index (χ3n) is 2.04. The Labute approximate surface area is 75.0 Å². The highest BCUT2D eigenvalue weighted by Gasteiger charge is 2.07. The normalized spacial score (nSPS) is 10.5. The maximum atomic E-state index is 10.3. The van der Waals surface area contributed by atoms with Crippen molar-refractivity contribution in [3.05, 3.63) is 30.0 Å². The van der Waals surface area contributed by atoms with Crippen molar-refractivity contribution in [2.24, 2.45) is 0 Å². The predicted molar refractivity (Wildman–Crippen MR) is 49.7 cm³/mol. The van der Waals surface area contributed by atoms with Crippen LogP contribution in [-0.4, -0.2) is 16.4 Å². The Hall–Kier alpha value is -1.77. The number of aldehydes is 1. The second-order valence-electron chi connectivity index (χ2n) is 2.87. The zero-order valence-electron chi connectivity index (χ0n) is 6.95. The van der Waals surface area contributed by atoms with Crippen LogP contribution in [0.1, 0.15) is 5.69 Å². The van der Waals surface area contributed by atoms with Gasteiger partial charge in [0.2, 0.25) is 0 Å². The van der Waals surface area contributed by atoms with Gasteiger partial charge in [-0.05, 0) is 12.1 Å². The summed E-state index contributed by atoms with van der Waals surface area (Å²) in [4.78, 5) is 13.3. The lowest BCUT2D eigenvalue weighted by Gasteiger charge is -1.89. The summed E-state index contributed by atoms with van der Waals surface area (Å²) < 4.78 is 0. The summed E-state index contributed by atoms with van der Waals surface area (Å²) in [6.07, 6.45) is 0.991. The molecule has 0 fully saturated rings. The highest BCUT2D eigenvalue weighted by molar-refractivity contribution is 5.88. The number of benzene rings is 1. The van der Waals surface area contributed by atoms with Gasteiger partial charge in [0.05, 0.1) is 5.69 Å². The summed E-state index contributed by atoms with van der Waals surface area (Å²) in [5, 5.41) is 10.4. The SMILES string of the molecule is O=CCc1[nH]c2ccccc2c1O. The van der Waals surface area contributed by atoms with E-state index in [1.165, 1.54) is 0 Å². The van der Waals surface area contributed by atoms with E-state index in [2.05, 4.69) is 4.98 Å². The van der Waals surface area contributed by atoms with Crippen LogP contribution in [0.4, 0.5) is 0 Å². The van der Waals surface area contributed by atoms with E-state index in [1.54, 1.807) is 0 Å². The van der Waals surface area contributed by atoms with Gasteiger partial charge in [0.25, 0.3) is 0 Å². The van der Waals surface area contributed by atoms with E-state index in [9.17, 15) is 9.90 Å². The molecule has 13 heavy (non-hydrogen) atoms. The van der Waals surface area contributed by atoms with Gasteiger partial charge in [-0.25, -0.2) is 0 Å². The fourth-order valence-electron chi connectivity index (χ4n) is 1.41. The Kier molecular flexibility index (Phi) is 1.77. The van der Waals surface area contributed by atoms with Gasteiger partial charge in [-0.1, -0.05) is 12.1 Å². The van der Waals surface area contributed by atoms with Crippen LogP contribution in [0, 0.1) is 0 Å². The van der Waals surface area contributed by atoms with Gasteiger partial charge in [0, 0.05) is 17.3 Å². The molecule has 0 spiro atoms. The quantitative estimate of drug-likeness (QED) is 0.681. The first kappa shape index (κ1) is 7.86. The van der Waals surface area contributed by atoms with Crippen LogP contribution in [-0.2, 0) is 11.2 Å². The third-order valence-corrected chi connectivity index (χ3v) is 2.04. The van der Waals surface area contributed by atoms with Crippen LogP contribution < -0.4 is 0 Å². The molecule has 3 nitrogen and oxygen atoms in total. The molecular weight excluding hydrogens is 166 g/mol. The Bertz CT molecular complexity index is 445. The van der Waals surface area contributed by atoms with Crippen LogP contribution in [0.15, 0.2) is 24.3 Å². The fourth-order valence-corrected chi connectivity index (χ4v) is 1.41. The summed E-state index contributed by atoms with van der Waals surface area (Å²) in [7, 11) is 0. The number of hydrogen-bond acceptors (Lipinski definition) is 2. The van der Waals surface area contributed by atoms with Gasteiger partial charge in [-0.2, -0.15) is 0 Å². The van der Waals surface area contributed by atoms with Crippen molar-refractivity contribution in [3.63, 3.8) is 0 Å². The monoisotopic (exact) mass is 175 g/mol. The maximum absolute atomic E-state index is 10.3. The first-order chi connectivity index (χ1) is 6.33. The molecule has 2 rings (SSSR count). The first-order valence-corrected chi connectivity index (χ1v) is 4.05. The Morgan fingerprint density at radius 3 is 2.85 bits per heavy atom. The number of aromatic amines is 1. The molecule has 0 bridgehead atoms. The van der Waals surface area contributed by atoms with Gasteiger partial charge < -0.3 is 14.9 Å². The minimum absolute atomic E-state index is 0.183. The molecule has 1 aromatic carbocycles. The lowest BCUT2D eigenvalue weighted by molar-refractivity contribution is -0.107. The van der Waals surface area contributed by atoms with Crippen molar-refractivity contribution in [2.75, 3.05) is 0 Å². The van der Waals surface area contributed by atoms with Gasteiger partial charge >= 0.3 is 0 Å². The molecule has 0 atom stereocenters. The Balaban J connectivity index is 2.66. The molecule has 0 aliphatic heterocycles. The molecule has 2 aromatic rings. The largest absolute Gasteiger partial charge is 0.505 e. The number of hydrogen-bond donors (Lipinski definition) is 2. The van der Waals surface area contributed by atoms with E-state index < -0.39 is 0 Å². The van der Waals surface area contributed by atoms with Crippen LogP contribution in [0.3, 0.4) is 0 Å². The standard InChI is InChI=1S/C10H9NO2/c12-6-5-9-10(13)7-3-1-2-4-8(7)11-9/h1-4,6,11,13H,5H2. The first-order valence-electron chi connectivity index (χ1n) is 4.05. The number of aromatic hydroxyl groups is 1. The predicted octanol–water partition coefficient (Wildman–Crippen LogP) is 1.61. The molecule has 0 radical (unpaired) electrons. The lowest BCUT2D eigenvalue weighted by Crippen LogP contribution is -1.84. The average molecular weight is 175 g/mol. The summed E-state index contributed by atoms with van der Waals surface area (Å²) in [5.74, 6) is 0.183. The van der Waals surface area contributed by atoms with Crippen molar-refractivity contribution in [1.82, 2.24) is 4.98 Å². The van der Waals surface area contributed by atoms with Crippen molar-refractivity contribution >= 4 is 17.2 Å². The Morgan fingerprint density at radius 1 is 1.38 bits per heavy atom. The van der Waals surface area contributed by atoms with Gasteiger partial charge in [0.1, 0.15) is 12.0 Å². The van der Waals surface area contributed by atoms with E-state index in [4.69, 9.17) is 0 Å². The van der Waals surface area contributed by atoms with Crippen molar-refractivity contribution in [1.29, 1.82) is 0 Å². The van der Waals surface area contributed by atoms with E-state index in [1.807, 2.05) is 24.3 Å². The second kappa shape index (κ2) is 2.94. The Morgan fingerprint density at radius 2 is 2.15 bits per heavy atom. The summed E-state index contributed by atoms with van der Waals surface area (Å²) in [6.45, 7) is 0. The molecule has 0 amide bonds. The number of fused-ring (bicyclic) bond motifs is 1. The topological polar surface area (TPSA) is 53.1 Å². The molecule has 0 unspecified atom stereocenters. The van der Waals surface area contributed by atoms with Gasteiger partial charge in [0.15, 0.2) is 0 Å². The number of aromatic nitrogens is 1. The molecule has 1 aromatic heterocycles. The maximum Gasteiger partial charge on any atom is 0.144 e. The number of H-pyrrole nitrogens is 1. The molecule has 66 valence electrons. The summed E-state index contributed by atoms with van der Waals surface area (Å²) in [5.41, 5.74) is 1.44. The molecular formula is C10H9NO2. The van der Waals surface area contributed by atoms with Crippen molar-refractivity contribution in [2.45, 2.75) is 6.42 Å². The average Bonchev–Trinajstić information content (AvgIpc) is 2.46. The number of carbonyl (C=O) groups is 1. The molecule has 0 saturated carbocycles. The van der Waals surface area contributed by atoms with E-state index in [-0.39, 0.29) is 12.2 Å². The van der Waals surface area contributed by atoms with Gasteiger partial charge in [-0.3, -0.25) is 0 Å². The minimum atomic E-state index is 0.183. The summed E-state index contributed by atoms with van der Waals surface area (Å²) in [6, 6.07) is 7.41. The van der Waals surface area contributed by atoms with Gasteiger partial charge in [-0.15, -0.1) is 0 Å². The van der Waals surface area contributed by atoms with E-state index in [0.717, 1.165) is 17.2 Å². The van der Waals surface area contributed by atoms with Crippen molar-refractivity contribution in [3.8, 4) is 5.75 Å². The summed E-state index contributed by atoms with van der Waals surface area (Å²) >= 11 is 0. The molecule has 3 heteroatoms. The molecule has 2 N–H and O–H groups in total. The smallest absolute Gasteiger partial charge is 0.144 e. The third kappa shape index (κ3) is 1.18. The van der Waals surface area contributed by atoms with E-state index >= 15 is 0 Å². The number of rotatable bonds is 2. The van der Waals surface area contributed by atoms with Crippen LogP contribution in [0.5, 0.6) is 5.75 Å². The molecule has 0 saturated heterocycles. The fraction of sp³-hybridized carbons (Fsp3) is 0.100. The number of carbonyl (C=O) groups excluding carboxylic acids is 1. The number of nitrogens with one attached hydrogen (secondary N) is 1. The van der Waals surface area contributed by atoms with Crippen LogP contribution in [0.2, 0.25) is 0 Å².